The first kappa shape index (κ1) is 15.8. The standard InChI is InChI=1S/C17H12N2O4S/c20-17(13-6-8-15(9-7-13)19(21)22)23-10-14-11-24-16(18-14)12-4-2-1-3-5-12/h1-9,11H,10H2. The number of carbonyl (C=O) groups is 1. The molecule has 0 saturated heterocycles. The first-order chi connectivity index (χ1) is 11.6. The van der Waals surface area contributed by atoms with Crippen LogP contribution in [0.3, 0.4) is 0 Å². The van der Waals surface area contributed by atoms with Crippen LogP contribution in [0.4, 0.5) is 5.69 Å². The van der Waals surface area contributed by atoms with Crippen LogP contribution in [0.1, 0.15) is 16.1 Å². The Bertz CT molecular complexity index is 860. The number of hydrogen-bond acceptors (Lipinski definition) is 6. The van der Waals surface area contributed by atoms with Gasteiger partial charge in [-0.05, 0) is 12.1 Å². The number of rotatable bonds is 5. The molecule has 2 aromatic carbocycles. The van der Waals surface area contributed by atoms with Crippen LogP contribution >= 0.6 is 11.3 Å². The number of aromatic nitrogens is 1. The predicted molar refractivity (Wildman–Crippen MR) is 89.8 cm³/mol. The van der Waals surface area contributed by atoms with Crippen LogP contribution in [0.5, 0.6) is 0 Å². The van der Waals surface area contributed by atoms with Gasteiger partial charge in [-0.3, -0.25) is 10.1 Å². The maximum absolute atomic E-state index is 12.0. The largest absolute Gasteiger partial charge is 0.456 e. The summed E-state index contributed by atoms with van der Waals surface area (Å²) in [4.78, 5) is 26.5. The first-order valence-electron chi connectivity index (χ1n) is 7.05. The summed E-state index contributed by atoms with van der Waals surface area (Å²) in [6.45, 7) is 0.0547. The van der Waals surface area contributed by atoms with Crippen molar-refractivity contribution in [3.05, 3.63) is 81.3 Å². The molecule has 3 rings (SSSR count). The van der Waals surface area contributed by atoms with Gasteiger partial charge >= 0.3 is 5.97 Å². The molecule has 7 heteroatoms. The van der Waals surface area contributed by atoms with Crippen LogP contribution in [0.25, 0.3) is 10.6 Å². The van der Waals surface area contributed by atoms with E-state index >= 15 is 0 Å². The molecule has 0 amide bonds. The van der Waals surface area contributed by atoms with Crippen molar-refractivity contribution in [2.24, 2.45) is 0 Å². The molecular weight excluding hydrogens is 328 g/mol. The highest BCUT2D eigenvalue weighted by atomic mass is 32.1. The fraction of sp³-hybridized carbons (Fsp3) is 0.0588. The lowest BCUT2D eigenvalue weighted by molar-refractivity contribution is -0.384. The summed E-state index contributed by atoms with van der Waals surface area (Å²) in [5.41, 5.74) is 1.86. The van der Waals surface area contributed by atoms with Gasteiger partial charge in [-0.1, -0.05) is 30.3 Å². The average molecular weight is 340 g/mol. The molecule has 0 radical (unpaired) electrons. The minimum Gasteiger partial charge on any atom is -0.456 e. The smallest absolute Gasteiger partial charge is 0.338 e. The zero-order chi connectivity index (χ0) is 16.9. The van der Waals surface area contributed by atoms with Crippen molar-refractivity contribution in [2.45, 2.75) is 6.61 Å². The van der Waals surface area contributed by atoms with E-state index in [0.717, 1.165) is 10.6 Å². The highest BCUT2D eigenvalue weighted by Crippen LogP contribution is 2.23. The van der Waals surface area contributed by atoms with Gasteiger partial charge in [0.25, 0.3) is 5.69 Å². The van der Waals surface area contributed by atoms with E-state index in [9.17, 15) is 14.9 Å². The van der Waals surface area contributed by atoms with E-state index in [1.165, 1.54) is 35.6 Å². The molecular formula is C17H12N2O4S. The molecule has 0 unspecified atom stereocenters. The summed E-state index contributed by atoms with van der Waals surface area (Å²) >= 11 is 1.48. The third kappa shape index (κ3) is 3.64. The van der Waals surface area contributed by atoms with Crippen LogP contribution in [-0.2, 0) is 11.3 Å². The van der Waals surface area contributed by atoms with E-state index < -0.39 is 10.9 Å². The molecule has 6 nitrogen and oxygen atoms in total. The summed E-state index contributed by atoms with van der Waals surface area (Å²) < 4.78 is 5.20. The van der Waals surface area contributed by atoms with Gasteiger partial charge in [-0.2, -0.15) is 0 Å². The molecule has 1 heterocycles. The normalized spacial score (nSPS) is 10.3. The number of benzene rings is 2. The molecule has 0 spiro atoms. The molecule has 0 atom stereocenters. The summed E-state index contributed by atoms with van der Waals surface area (Å²) in [6.07, 6.45) is 0. The Morgan fingerprint density at radius 3 is 2.50 bits per heavy atom. The molecule has 0 aliphatic heterocycles. The van der Waals surface area contributed by atoms with Crippen molar-refractivity contribution in [3.63, 3.8) is 0 Å². The number of nitro groups is 1. The minimum atomic E-state index is -0.542. The number of hydrogen-bond donors (Lipinski definition) is 0. The van der Waals surface area contributed by atoms with Crippen molar-refractivity contribution in [2.75, 3.05) is 0 Å². The van der Waals surface area contributed by atoms with E-state index in [-0.39, 0.29) is 17.9 Å². The van der Waals surface area contributed by atoms with Gasteiger partial charge in [0.05, 0.1) is 16.2 Å². The van der Waals surface area contributed by atoms with Crippen LogP contribution in [0.2, 0.25) is 0 Å². The summed E-state index contributed by atoms with van der Waals surface area (Å²) in [7, 11) is 0. The number of nitrogens with zero attached hydrogens (tertiary/aromatic N) is 2. The maximum atomic E-state index is 12.0. The Labute approximate surface area is 141 Å². The van der Waals surface area contributed by atoms with E-state index in [4.69, 9.17) is 4.74 Å². The minimum absolute atomic E-state index is 0.0547. The number of non-ortho nitro benzene ring substituents is 1. The number of nitro benzene ring substituents is 1. The quantitative estimate of drug-likeness (QED) is 0.397. The van der Waals surface area contributed by atoms with Crippen LogP contribution < -0.4 is 0 Å². The molecule has 0 fully saturated rings. The molecule has 3 aromatic rings. The Kier molecular flexibility index (Phi) is 4.62. The number of esters is 1. The second-order valence-corrected chi connectivity index (χ2v) is 5.75. The molecule has 0 bridgehead atoms. The van der Waals surface area contributed by atoms with Gasteiger partial charge in [0.2, 0.25) is 0 Å². The highest BCUT2D eigenvalue weighted by molar-refractivity contribution is 7.13. The Balaban J connectivity index is 1.62. The van der Waals surface area contributed by atoms with E-state index in [1.807, 2.05) is 35.7 Å². The van der Waals surface area contributed by atoms with E-state index in [2.05, 4.69) is 4.98 Å². The number of ether oxygens (including phenoxy) is 1. The third-order valence-electron chi connectivity index (χ3n) is 3.24. The van der Waals surface area contributed by atoms with Crippen molar-refractivity contribution >= 4 is 23.0 Å². The van der Waals surface area contributed by atoms with Crippen molar-refractivity contribution in [1.29, 1.82) is 0 Å². The average Bonchev–Trinajstić information content (AvgIpc) is 3.09. The third-order valence-corrected chi connectivity index (χ3v) is 4.18. The molecule has 24 heavy (non-hydrogen) atoms. The molecule has 0 saturated carbocycles. The SMILES string of the molecule is O=C(OCc1csc(-c2ccccc2)n1)c1ccc([N+](=O)[O-])cc1. The van der Waals surface area contributed by atoms with Gasteiger partial charge in [-0.15, -0.1) is 11.3 Å². The van der Waals surface area contributed by atoms with Crippen molar-refractivity contribution in [1.82, 2.24) is 4.98 Å². The highest BCUT2D eigenvalue weighted by Gasteiger charge is 2.12. The van der Waals surface area contributed by atoms with Crippen molar-refractivity contribution in [3.8, 4) is 10.6 Å². The molecule has 0 N–H and O–H groups in total. The van der Waals surface area contributed by atoms with E-state index in [0.29, 0.717) is 5.69 Å². The Morgan fingerprint density at radius 1 is 1.12 bits per heavy atom. The molecule has 1 aromatic heterocycles. The maximum Gasteiger partial charge on any atom is 0.338 e. The zero-order valence-electron chi connectivity index (χ0n) is 12.4. The Hall–Kier alpha value is -3.06. The van der Waals surface area contributed by atoms with Crippen LogP contribution in [0, 0.1) is 10.1 Å². The van der Waals surface area contributed by atoms with Gasteiger partial charge in [0, 0.05) is 23.1 Å². The van der Waals surface area contributed by atoms with Gasteiger partial charge in [0.15, 0.2) is 0 Å². The summed E-state index contributed by atoms with van der Waals surface area (Å²) in [5, 5.41) is 13.3. The van der Waals surface area contributed by atoms with Gasteiger partial charge in [0.1, 0.15) is 11.6 Å². The van der Waals surface area contributed by atoms with Crippen LogP contribution in [-0.4, -0.2) is 15.9 Å². The van der Waals surface area contributed by atoms with E-state index in [1.54, 1.807) is 0 Å². The number of carbonyl (C=O) groups excluding carboxylic acids is 1. The second-order valence-electron chi connectivity index (χ2n) is 4.89. The van der Waals surface area contributed by atoms with Crippen molar-refractivity contribution < 1.29 is 14.5 Å². The van der Waals surface area contributed by atoms with Gasteiger partial charge < -0.3 is 4.74 Å². The molecule has 120 valence electrons. The topological polar surface area (TPSA) is 82.3 Å². The van der Waals surface area contributed by atoms with Crippen LogP contribution in [0.15, 0.2) is 60.0 Å². The fourth-order valence-electron chi connectivity index (χ4n) is 2.03. The lowest BCUT2D eigenvalue weighted by Gasteiger charge is -2.02. The lowest BCUT2D eigenvalue weighted by Crippen LogP contribution is -2.05. The second kappa shape index (κ2) is 7.01. The molecule has 0 aliphatic rings. The lowest BCUT2D eigenvalue weighted by atomic mass is 10.2. The number of thiazole rings is 1. The first-order valence-corrected chi connectivity index (χ1v) is 7.93. The monoisotopic (exact) mass is 340 g/mol. The zero-order valence-corrected chi connectivity index (χ0v) is 13.2. The fourth-order valence-corrected chi connectivity index (χ4v) is 2.84. The Morgan fingerprint density at radius 2 is 1.83 bits per heavy atom. The predicted octanol–water partition coefficient (Wildman–Crippen LogP) is 4.08. The van der Waals surface area contributed by atoms with Gasteiger partial charge in [-0.25, -0.2) is 9.78 Å². The summed E-state index contributed by atoms with van der Waals surface area (Å²) in [5.74, 6) is -0.542. The summed E-state index contributed by atoms with van der Waals surface area (Å²) in [6, 6.07) is 15.0. The molecule has 0 aliphatic carbocycles.